The number of hydrogen-bond acceptors (Lipinski definition) is 3. The maximum absolute atomic E-state index is 12.3. The molecule has 0 radical (unpaired) electrons. The van der Waals surface area contributed by atoms with Crippen LogP contribution in [-0.2, 0) is 4.74 Å². The van der Waals surface area contributed by atoms with Gasteiger partial charge < -0.3 is 15.4 Å². The summed E-state index contributed by atoms with van der Waals surface area (Å²) in [5.74, 6) is -0.407. The van der Waals surface area contributed by atoms with Gasteiger partial charge in [0.1, 0.15) is 0 Å². The number of ether oxygens (including phenoxy) is 1. The van der Waals surface area contributed by atoms with E-state index in [1.807, 2.05) is 13.0 Å². The van der Waals surface area contributed by atoms with Crippen molar-refractivity contribution >= 4 is 33.4 Å². The number of carbonyl (C=O) groups excluding carboxylic acids is 2. The molecule has 0 unspecified atom stereocenters. The number of anilines is 1. The predicted molar refractivity (Wildman–Crippen MR) is 102 cm³/mol. The molecule has 2 aromatic carbocycles. The standard InChI is InChI=1S/C19H21BrN2O3/c1-2-25-12-6-11-21-18(23)14-7-5-8-15(13-14)22-19(24)16-9-3-4-10-17(16)20/h3-5,7-10,13H,2,6,11-12H2,1H3,(H,21,23)(H,22,24). The van der Waals surface area contributed by atoms with Crippen molar-refractivity contribution in [3.63, 3.8) is 0 Å². The molecule has 0 heterocycles. The number of carbonyl (C=O) groups is 2. The second kappa shape index (κ2) is 9.96. The van der Waals surface area contributed by atoms with E-state index in [0.29, 0.717) is 36.6 Å². The molecule has 132 valence electrons. The van der Waals surface area contributed by atoms with Gasteiger partial charge in [0.05, 0.1) is 5.56 Å². The molecule has 2 rings (SSSR count). The SMILES string of the molecule is CCOCCCNC(=O)c1cccc(NC(=O)c2ccccc2Br)c1. The lowest BCUT2D eigenvalue weighted by Crippen LogP contribution is -2.25. The van der Waals surface area contributed by atoms with Crippen molar-refractivity contribution in [2.45, 2.75) is 13.3 Å². The van der Waals surface area contributed by atoms with Crippen LogP contribution in [0.4, 0.5) is 5.69 Å². The highest BCUT2D eigenvalue weighted by atomic mass is 79.9. The molecule has 0 saturated heterocycles. The van der Waals surface area contributed by atoms with E-state index in [4.69, 9.17) is 4.74 Å². The Morgan fingerprint density at radius 1 is 1.08 bits per heavy atom. The van der Waals surface area contributed by atoms with Crippen LogP contribution in [0.3, 0.4) is 0 Å². The average Bonchev–Trinajstić information content (AvgIpc) is 2.62. The molecule has 2 N–H and O–H groups in total. The first-order valence-electron chi connectivity index (χ1n) is 8.13. The first-order valence-corrected chi connectivity index (χ1v) is 8.93. The number of hydrogen-bond donors (Lipinski definition) is 2. The summed E-state index contributed by atoms with van der Waals surface area (Å²) in [6.07, 6.45) is 0.762. The number of nitrogens with one attached hydrogen (secondary N) is 2. The molecule has 25 heavy (non-hydrogen) atoms. The highest BCUT2D eigenvalue weighted by Crippen LogP contribution is 2.18. The molecular weight excluding hydrogens is 384 g/mol. The van der Waals surface area contributed by atoms with E-state index in [0.717, 1.165) is 10.9 Å². The largest absolute Gasteiger partial charge is 0.382 e. The van der Waals surface area contributed by atoms with Crippen LogP contribution in [0.25, 0.3) is 0 Å². The molecule has 0 bridgehead atoms. The molecule has 0 saturated carbocycles. The van der Waals surface area contributed by atoms with E-state index in [9.17, 15) is 9.59 Å². The van der Waals surface area contributed by atoms with E-state index in [1.165, 1.54) is 0 Å². The van der Waals surface area contributed by atoms with E-state index in [1.54, 1.807) is 42.5 Å². The van der Waals surface area contributed by atoms with Crippen molar-refractivity contribution < 1.29 is 14.3 Å². The molecule has 6 heteroatoms. The van der Waals surface area contributed by atoms with Gasteiger partial charge in [-0.2, -0.15) is 0 Å². The lowest BCUT2D eigenvalue weighted by Gasteiger charge is -2.09. The summed E-state index contributed by atoms with van der Waals surface area (Å²) in [5.41, 5.74) is 1.61. The molecule has 0 aliphatic heterocycles. The van der Waals surface area contributed by atoms with Crippen molar-refractivity contribution in [2.75, 3.05) is 25.1 Å². The van der Waals surface area contributed by atoms with Gasteiger partial charge in [0.25, 0.3) is 11.8 Å². The van der Waals surface area contributed by atoms with E-state index in [2.05, 4.69) is 26.6 Å². The maximum Gasteiger partial charge on any atom is 0.256 e. The molecular formula is C19H21BrN2O3. The van der Waals surface area contributed by atoms with Crippen LogP contribution < -0.4 is 10.6 Å². The Kier molecular flexibility index (Phi) is 7.63. The third kappa shape index (κ3) is 5.99. The normalized spacial score (nSPS) is 10.3. The minimum Gasteiger partial charge on any atom is -0.382 e. The topological polar surface area (TPSA) is 67.4 Å². The monoisotopic (exact) mass is 404 g/mol. The van der Waals surface area contributed by atoms with E-state index in [-0.39, 0.29) is 11.8 Å². The fourth-order valence-electron chi connectivity index (χ4n) is 2.20. The molecule has 0 spiro atoms. The van der Waals surface area contributed by atoms with E-state index < -0.39 is 0 Å². The van der Waals surface area contributed by atoms with Crippen molar-refractivity contribution in [1.29, 1.82) is 0 Å². The van der Waals surface area contributed by atoms with Gasteiger partial charge in [0, 0.05) is 35.5 Å². The van der Waals surface area contributed by atoms with Gasteiger partial charge >= 0.3 is 0 Å². The number of benzene rings is 2. The van der Waals surface area contributed by atoms with Crippen LogP contribution in [-0.4, -0.2) is 31.6 Å². The van der Waals surface area contributed by atoms with Crippen molar-refractivity contribution in [2.24, 2.45) is 0 Å². The van der Waals surface area contributed by atoms with Crippen LogP contribution in [0.2, 0.25) is 0 Å². The summed E-state index contributed by atoms with van der Waals surface area (Å²) in [7, 11) is 0. The van der Waals surface area contributed by atoms with Crippen LogP contribution in [0.5, 0.6) is 0 Å². The zero-order chi connectivity index (χ0) is 18.1. The zero-order valence-corrected chi connectivity index (χ0v) is 15.6. The number of halogens is 1. The quantitative estimate of drug-likeness (QED) is 0.656. The average molecular weight is 405 g/mol. The molecule has 0 atom stereocenters. The zero-order valence-electron chi connectivity index (χ0n) is 14.0. The van der Waals surface area contributed by atoms with Gasteiger partial charge in [0.15, 0.2) is 0 Å². The fourth-order valence-corrected chi connectivity index (χ4v) is 2.67. The first-order chi connectivity index (χ1) is 12.1. The van der Waals surface area contributed by atoms with Gasteiger partial charge in [-0.1, -0.05) is 18.2 Å². The molecule has 2 aromatic rings. The van der Waals surface area contributed by atoms with Crippen LogP contribution >= 0.6 is 15.9 Å². The van der Waals surface area contributed by atoms with E-state index >= 15 is 0 Å². The highest BCUT2D eigenvalue weighted by Gasteiger charge is 2.11. The lowest BCUT2D eigenvalue weighted by molar-refractivity contribution is 0.0943. The highest BCUT2D eigenvalue weighted by molar-refractivity contribution is 9.10. The van der Waals surface area contributed by atoms with Crippen LogP contribution in [0, 0.1) is 0 Å². The van der Waals surface area contributed by atoms with Gasteiger partial charge in [-0.05, 0) is 59.6 Å². The Bertz CT molecular complexity index is 734. The van der Waals surface area contributed by atoms with Gasteiger partial charge in [-0.3, -0.25) is 9.59 Å². The molecule has 5 nitrogen and oxygen atoms in total. The first kappa shape index (κ1) is 19.1. The molecule has 0 fully saturated rings. The van der Waals surface area contributed by atoms with Crippen molar-refractivity contribution in [3.8, 4) is 0 Å². The predicted octanol–water partition coefficient (Wildman–Crippen LogP) is 3.86. The summed E-state index contributed by atoms with van der Waals surface area (Å²) < 4.78 is 5.95. The summed E-state index contributed by atoms with van der Waals surface area (Å²) in [6.45, 7) is 3.78. The third-order valence-electron chi connectivity index (χ3n) is 3.46. The summed E-state index contributed by atoms with van der Waals surface area (Å²) in [6, 6.07) is 14.0. The fraction of sp³-hybridized carbons (Fsp3) is 0.263. The van der Waals surface area contributed by atoms with Crippen molar-refractivity contribution in [3.05, 3.63) is 64.1 Å². The Hall–Kier alpha value is -2.18. The summed E-state index contributed by atoms with van der Waals surface area (Å²) >= 11 is 3.36. The third-order valence-corrected chi connectivity index (χ3v) is 4.15. The van der Waals surface area contributed by atoms with Crippen molar-refractivity contribution in [1.82, 2.24) is 5.32 Å². The minimum absolute atomic E-state index is 0.173. The molecule has 0 aliphatic rings. The maximum atomic E-state index is 12.3. The van der Waals surface area contributed by atoms with Gasteiger partial charge in [-0.25, -0.2) is 0 Å². The van der Waals surface area contributed by atoms with Gasteiger partial charge in [0.2, 0.25) is 0 Å². The van der Waals surface area contributed by atoms with Crippen LogP contribution in [0.15, 0.2) is 53.0 Å². The minimum atomic E-state index is -0.234. The lowest BCUT2D eigenvalue weighted by atomic mass is 10.1. The van der Waals surface area contributed by atoms with Crippen LogP contribution in [0.1, 0.15) is 34.1 Å². The molecule has 0 aliphatic carbocycles. The molecule has 2 amide bonds. The second-order valence-electron chi connectivity index (χ2n) is 5.32. The molecule has 0 aromatic heterocycles. The Labute approximate surface area is 155 Å². The number of amides is 2. The second-order valence-corrected chi connectivity index (χ2v) is 6.18. The summed E-state index contributed by atoms with van der Waals surface area (Å²) in [4.78, 5) is 24.5. The smallest absolute Gasteiger partial charge is 0.256 e. The number of rotatable bonds is 8. The van der Waals surface area contributed by atoms with Gasteiger partial charge in [-0.15, -0.1) is 0 Å². The Morgan fingerprint density at radius 2 is 1.88 bits per heavy atom. The Balaban J connectivity index is 1.95. The summed E-state index contributed by atoms with van der Waals surface area (Å²) in [5, 5.41) is 5.65. The Morgan fingerprint density at radius 3 is 2.64 bits per heavy atom.